The van der Waals surface area contributed by atoms with E-state index >= 15 is 0 Å². The number of para-hydroxylation sites is 1. The van der Waals surface area contributed by atoms with Gasteiger partial charge in [-0.1, -0.05) is 18.2 Å². The van der Waals surface area contributed by atoms with Gasteiger partial charge in [0.15, 0.2) is 0 Å². The maximum absolute atomic E-state index is 12.1. The fraction of sp³-hybridized carbons (Fsp3) is 0.235. The number of amides is 1. The van der Waals surface area contributed by atoms with Gasteiger partial charge in [-0.3, -0.25) is 9.87 Å². The summed E-state index contributed by atoms with van der Waals surface area (Å²) < 4.78 is 38.0. The van der Waals surface area contributed by atoms with Crippen molar-refractivity contribution in [1.29, 1.82) is 0 Å². The first-order valence-corrected chi connectivity index (χ1v) is 8.68. The zero-order valence-electron chi connectivity index (χ0n) is 13.9. The molecule has 0 saturated heterocycles. The summed E-state index contributed by atoms with van der Waals surface area (Å²) in [6.45, 7) is 6.64. The van der Waals surface area contributed by atoms with Crippen LogP contribution in [0.1, 0.15) is 22.3 Å². The van der Waals surface area contributed by atoms with E-state index in [1.807, 2.05) is 0 Å². The summed E-state index contributed by atoms with van der Waals surface area (Å²) in [5, 5.41) is 2.57. The maximum atomic E-state index is 12.1. The number of rotatable bonds is 3. The van der Waals surface area contributed by atoms with E-state index in [1.165, 1.54) is 6.92 Å². The molecule has 0 atom stereocenters. The Hall–Kier alpha value is -2.38. The standard InChI is InChI=1S/C17H19NO5S/c1-10-11(2)15(13(4)16(12(10)3)24(20,21)22)18-17(19)23-14-8-6-5-7-9-14/h5-9H,1-4H3,(H,18,19)(H,20,21,22). The van der Waals surface area contributed by atoms with Crippen LogP contribution in [-0.4, -0.2) is 19.1 Å². The minimum Gasteiger partial charge on any atom is -0.410 e. The van der Waals surface area contributed by atoms with Gasteiger partial charge in [0.2, 0.25) is 0 Å². The third-order valence-electron chi connectivity index (χ3n) is 3.99. The van der Waals surface area contributed by atoms with Crippen LogP contribution in [0.5, 0.6) is 5.75 Å². The molecule has 7 heteroatoms. The van der Waals surface area contributed by atoms with Crippen molar-refractivity contribution in [2.24, 2.45) is 0 Å². The monoisotopic (exact) mass is 349 g/mol. The van der Waals surface area contributed by atoms with Gasteiger partial charge >= 0.3 is 6.09 Å². The molecular formula is C17H19NO5S. The molecule has 0 bridgehead atoms. The number of ether oxygens (including phenoxy) is 1. The Balaban J connectivity index is 2.44. The summed E-state index contributed by atoms with van der Waals surface area (Å²) in [6, 6.07) is 8.50. The fourth-order valence-corrected chi connectivity index (χ4v) is 3.64. The van der Waals surface area contributed by atoms with E-state index in [2.05, 4.69) is 5.32 Å². The van der Waals surface area contributed by atoms with Gasteiger partial charge in [-0.25, -0.2) is 4.79 Å². The van der Waals surface area contributed by atoms with Gasteiger partial charge in [-0.2, -0.15) is 8.42 Å². The van der Waals surface area contributed by atoms with Crippen molar-refractivity contribution in [2.75, 3.05) is 5.32 Å². The van der Waals surface area contributed by atoms with Gasteiger partial charge in [0.05, 0.1) is 5.69 Å². The topological polar surface area (TPSA) is 92.7 Å². The molecule has 0 unspecified atom stereocenters. The van der Waals surface area contributed by atoms with Gasteiger partial charge < -0.3 is 4.74 Å². The summed E-state index contributed by atoms with van der Waals surface area (Å²) in [4.78, 5) is 11.9. The van der Waals surface area contributed by atoms with Crippen LogP contribution in [-0.2, 0) is 10.1 Å². The first-order chi connectivity index (χ1) is 11.1. The first-order valence-electron chi connectivity index (χ1n) is 7.24. The fourth-order valence-electron chi connectivity index (χ4n) is 2.61. The third-order valence-corrected chi connectivity index (χ3v) is 5.12. The van der Waals surface area contributed by atoms with Crippen molar-refractivity contribution in [3.63, 3.8) is 0 Å². The Kier molecular flexibility index (Phi) is 4.96. The number of carbonyl (C=O) groups excluding carboxylic acids is 1. The highest BCUT2D eigenvalue weighted by Gasteiger charge is 2.24. The Morgan fingerprint density at radius 3 is 2.08 bits per heavy atom. The molecule has 0 aliphatic rings. The van der Waals surface area contributed by atoms with Crippen LogP contribution in [0.4, 0.5) is 10.5 Å². The molecule has 0 aliphatic heterocycles. The molecule has 24 heavy (non-hydrogen) atoms. The number of carbonyl (C=O) groups is 1. The predicted octanol–water partition coefficient (Wildman–Crippen LogP) is 3.78. The van der Waals surface area contributed by atoms with E-state index in [1.54, 1.807) is 51.1 Å². The van der Waals surface area contributed by atoms with Crippen LogP contribution in [0, 0.1) is 27.7 Å². The number of hydrogen-bond acceptors (Lipinski definition) is 4. The van der Waals surface area contributed by atoms with Crippen LogP contribution in [0.2, 0.25) is 0 Å². The lowest BCUT2D eigenvalue weighted by Gasteiger charge is -2.19. The largest absolute Gasteiger partial charge is 0.417 e. The number of hydrogen-bond donors (Lipinski definition) is 2. The quantitative estimate of drug-likeness (QED) is 0.823. The second kappa shape index (κ2) is 6.62. The molecule has 2 rings (SSSR count). The zero-order chi connectivity index (χ0) is 18.1. The summed E-state index contributed by atoms with van der Waals surface area (Å²) in [7, 11) is -4.41. The van der Waals surface area contributed by atoms with E-state index in [4.69, 9.17) is 4.74 Å². The lowest BCUT2D eigenvalue weighted by Crippen LogP contribution is -2.20. The second-order valence-electron chi connectivity index (χ2n) is 5.51. The molecule has 0 fully saturated rings. The first kappa shape index (κ1) is 18.0. The van der Waals surface area contributed by atoms with Crippen LogP contribution >= 0.6 is 0 Å². The molecule has 0 aromatic heterocycles. The molecule has 0 saturated carbocycles. The molecule has 6 nitrogen and oxygen atoms in total. The molecule has 0 heterocycles. The molecule has 2 aromatic rings. The molecule has 0 aliphatic carbocycles. The minimum atomic E-state index is -4.41. The SMILES string of the molecule is Cc1c(C)c(NC(=O)Oc2ccccc2)c(C)c(S(=O)(=O)O)c1C. The van der Waals surface area contributed by atoms with Crippen molar-refractivity contribution in [3.8, 4) is 5.75 Å². The van der Waals surface area contributed by atoms with Gasteiger partial charge in [-0.15, -0.1) is 0 Å². The smallest absolute Gasteiger partial charge is 0.410 e. The summed E-state index contributed by atoms with van der Waals surface area (Å²) in [5.74, 6) is 0.365. The molecule has 0 radical (unpaired) electrons. The molecule has 128 valence electrons. The van der Waals surface area contributed by atoms with Crippen molar-refractivity contribution in [1.82, 2.24) is 0 Å². The lowest BCUT2D eigenvalue weighted by molar-refractivity contribution is 0.215. The average Bonchev–Trinajstić information content (AvgIpc) is 2.49. The number of benzene rings is 2. The summed E-state index contributed by atoms with van der Waals surface area (Å²) in [5.41, 5.74) is 2.41. The van der Waals surface area contributed by atoms with Crippen LogP contribution in [0.3, 0.4) is 0 Å². The molecule has 2 aromatic carbocycles. The average molecular weight is 349 g/mol. The lowest BCUT2D eigenvalue weighted by atomic mass is 9.98. The Morgan fingerprint density at radius 1 is 0.958 bits per heavy atom. The normalized spacial score (nSPS) is 11.2. The Morgan fingerprint density at radius 2 is 1.54 bits per heavy atom. The Labute approximate surface area is 141 Å². The second-order valence-corrected chi connectivity index (χ2v) is 6.87. The van der Waals surface area contributed by atoms with Gasteiger partial charge in [0.1, 0.15) is 10.6 Å². The Bertz CT molecular complexity index is 889. The van der Waals surface area contributed by atoms with E-state index in [0.29, 0.717) is 28.1 Å². The molecule has 2 N–H and O–H groups in total. The maximum Gasteiger partial charge on any atom is 0.417 e. The van der Waals surface area contributed by atoms with Gasteiger partial charge in [-0.05, 0) is 62.1 Å². The van der Waals surface area contributed by atoms with E-state index in [0.717, 1.165) is 0 Å². The van der Waals surface area contributed by atoms with E-state index < -0.39 is 16.2 Å². The number of nitrogens with one attached hydrogen (secondary N) is 1. The minimum absolute atomic E-state index is 0.194. The van der Waals surface area contributed by atoms with Crippen molar-refractivity contribution in [2.45, 2.75) is 32.6 Å². The van der Waals surface area contributed by atoms with Crippen molar-refractivity contribution in [3.05, 3.63) is 52.6 Å². The highest BCUT2D eigenvalue weighted by molar-refractivity contribution is 7.86. The highest BCUT2D eigenvalue weighted by Crippen LogP contribution is 2.33. The van der Waals surface area contributed by atoms with E-state index in [-0.39, 0.29) is 10.5 Å². The molecule has 1 amide bonds. The summed E-state index contributed by atoms with van der Waals surface area (Å²) in [6.07, 6.45) is -0.739. The van der Waals surface area contributed by atoms with Gasteiger partial charge in [0, 0.05) is 0 Å². The number of anilines is 1. The van der Waals surface area contributed by atoms with Crippen molar-refractivity contribution < 1.29 is 22.5 Å². The molecular weight excluding hydrogens is 330 g/mol. The summed E-state index contributed by atoms with van der Waals surface area (Å²) >= 11 is 0. The van der Waals surface area contributed by atoms with Crippen LogP contribution in [0.15, 0.2) is 35.2 Å². The molecule has 0 spiro atoms. The van der Waals surface area contributed by atoms with Crippen LogP contribution < -0.4 is 10.1 Å². The van der Waals surface area contributed by atoms with Crippen LogP contribution in [0.25, 0.3) is 0 Å². The highest BCUT2D eigenvalue weighted by atomic mass is 32.2. The third kappa shape index (κ3) is 3.58. The van der Waals surface area contributed by atoms with Gasteiger partial charge in [0.25, 0.3) is 10.1 Å². The van der Waals surface area contributed by atoms with Crippen molar-refractivity contribution >= 4 is 21.9 Å². The predicted molar refractivity (Wildman–Crippen MR) is 91.3 cm³/mol. The zero-order valence-corrected chi connectivity index (χ0v) is 14.7. The van der Waals surface area contributed by atoms with E-state index in [9.17, 15) is 17.8 Å².